The number of oxazole rings is 2. The zero-order valence-electron chi connectivity index (χ0n) is 67.8. The lowest BCUT2D eigenvalue weighted by molar-refractivity contribution is -0.144. The molecule has 0 bridgehead atoms. The fraction of sp³-hybridized carbons (Fsp3) is 0.482. The predicted molar refractivity (Wildman–Crippen MR) is 438 cm³/mol. The van der Waals surface area contributed by atoms with Crippen molar-refractivity contribution in [3.8, 4) is 20.9 Å². The first kappa shape index (κ1) is 86.8. The molecule has 4 aromatic carbocycles. The molecule has 8 aromatic rings. The first-order valence-corrected chi connectivity index (χ1v) is 40.3. The molecule has 4 fully saturated rings. The van der Waals surface area contributed by atoms with Gasteiger partial charge in [-0.25, -0.2) is 19.6 Å². The summed E-state index contributed by atoms with van der Waals surface area (Å²) in [5.41, 5.74) is 14.4. The molecule has 113 heavy (non-hydrogen) atoms. The molecule has 0 radical (unpaired) electrons. The number of rotatable bonds is 18. The van der Waals surface area contributed by atoms with Crippen LogP contribution in [0.1, 0.15) is 206 Å². The molecule has 0 aliphatic carbocycles. The van der Waals surface area contributed by atoms with E-state index in [2.05, 4.69) is 68.9 Å². The van der Waals surface area contributed by atoms with E-state index in [0.29, 0.717) is 71.7 Å². The molecule has 606 valence electrons. The molecule has 26 nitrogen and oxygen atoms in total. The lowest BCUT2D eigenvalue weighted by Gasteiger charge is -2.36. The number of nitrogens with zero attached hydrogens (tertiary/aromatic N) is 6. The predicted octanol–water partition coefficient (Wildman–Crippen LogP) is 11.7. The Morgan fingerprint density at radius 3 is 1.46 bits per heavy atom. The van der Waals surface area contributed by atoms with Gasteiger partial charge >= 0.3 is 11.5 Å². The highest BCUT2D eigenvalue weighted by molar-refractivity contribution is 7.13. The van der Waals surface area contributed by atoms with Crippen LogP contribution in [0.4, 0.5) is 0 Å². The molecular formula is C85H110N12O14S2. The Kier molecular flexibility index (Phi) is 28.2. The van der Waals surface area contributed by atoms with Gasteiger partial charge in [0.25, 0.3) is 0 Å². The average Bonchev–Trinajstić information content (AvgIpc) is 1.62. The van der Waals surface area contributed by atoms with Crippen molar-refractivity contribution >= 4 is 92.1 Å². The number of aromatic nitrogens is 4. The molecule has 4 aliphatic rings. The minimum atomic E-state index is -0.812. The van der Waals surface area contributed by atoms with Crippen molar-refractivity contribution in [2.75, 3.05) is 13.1 Å². The monoisotopic (exact) mass is 1590 g/mol. The molecule has 8 amide bonds. The summed E-state index contributed by atoms with van der Waals surface area (Å²) in [5.74, 6) is -3.14. The van der Waals surface area contributed by atoms with Crippen LogP contribution < -0.4 is 43.4 Å². The summed E-state index contributed by atoms with van der Waals surface area (Å²) >= 11 is 3.18. The second kappa shape index (κ2) is 36.8. The number of benzene rings is 4. The van der Waals surface area contributed by atoms with Crippen LogP contribution >= 0.6 is 22.7 Å². The summed E-state index contributed by atoms with van der Waals surface area (Å²) in [6, 6.07) is 22.7. The van der Waals surface area contributed by atoms with Gasteiger partial charge in [0.15, 0.2) is 11.2 Å². The number of carbonyl (C=O) groups excluding carboxylic acids is 8. The van der Waals surface area contributed by atoms with Crippen LogP contribution in [-0.2, 0) is 44.9 Å². The number of fused-ring (bicyclic) bond motifs is 2. The van der Waals surface area contributed by atoms with Crippen LogP contribution in [0, 0.1) is 36.5 Å². The maximum atomic E-state index is 13.6. The number of carbonyl (C=O) groups is 8. The first-order valence-electron chi connectivity index (χ1n) is 38.6. The summed E-state index contributed by atoms with van der Waals surface area (Å²) in [5, 5.41) is 37.7. The van der Waals surface area contributed by atoms with Gasteiger partial charge in [0, 0.05) is 55.7 Å². The molecule has 0 spiro atoms. The molecule has 0 saturated carbocycles. The van der Waals surface area contributed by atoms with Gasteiger partial charge in [-0.3, -0.25) is 47.5 Å². The highest BCUT2D eigenvalue weighted by Crippen LogP contribution is 2.35. The highest BCUT2D eigenvalue weighted by atomic mass is 32.1. The van der Waals surface area contributed by atoms with Gasteiger partial charge in [-0.05, 0) is 121 Å². The second-order valence-corrected chi connectivity index (χ2v) is 34.7. The lowest BCUT2D eigenvalue weighted by atomic mass is 9.85. The van der Waals surface area contributed by atoms with Gasteiger partial charge in [0.1, 0.15) is 36.3 Å². The van der Waals surface area contributed by atoms with Gasteiger partial charge in [0.2, 0.25) is 47.3 Å². The Balaban J connectivity index is 0.000000178. The Bertz CT molecular complexity index is 4930. The van der Waals surface area contributed by atoms with Crippen molar-refractivity contribution in [3.63, 3.8) is 0 Å². The molecule has 8 N–H and O–H groups in total. The Morgan fingerprint density at radius 2 is 1.03 bits per heavy atom. The van der Waals surface area contributed by atoms with Crippen LogP contribution in [0.2, 0.25) is 0 Å². The van der Waals surface area contributed by atoms with Gasteiger partial charge in [-0.2, -0.15) is 0 Å². The Labute approximate surface area is 667 Å². The maximum Gasteiger partial charge on any atom is 0.420 e. The number of aliphatic hydroxyl groups is 2. The fourth-order valence-corrected chi connectivity index (χ4v) is 15.6. The number of likely N-dealkylation sites (tertiary alicyclic amines) is 2. The lowest BCUT2D eigenvalue weighted by Crippen LogP contribution is -2.58. The summed E-state index contributed by atoms with van der Waals surface area (Å²) in [6.07, 6.45) is 1.18. The van der Waals surface area contributed by atoms with E-state index in [1.165, 1.54) is 18.9 Å². The number of β-amino-alcohol motifs (C(OH)–C–C–N with tert-alkyl or cyclic N) is 2. The third-order valence-corrected chi connectivity index (χ3v) is 22.6. The minimum Gasteiger partial charge on any atom is -0.408 e. The van der Waals surface area contributed by atoms with Gasteiger partial charge < -0.3 is 60.7 Å². The topological polar surface area (TPSA) is 352 Å². The van der Waals surface area contributed by atoms with E-state index in [1.807, 2.05) is 172 Å². The number of hydrogen-bond donors (Lipinski definition) is 8. The zero-order chi connectivity index (χ0) is 83.0. The van der Waals surface area contributed by atoms with Crippen molar-refractivity contribution < 1.29 is 57.4 Å². The van der Waals surface area contributed by atoms with Gasteiger partial charge in [-0.15, -0.1) is 22.7 Å². The van der Waals surface area contributed by atoms with Gasteiger partial charge in [-0.1, -0.05) is 177 Å². The number of amides is 8. The van der Waals surface area contributed by atoms with E-state index in [9.17, 15) is 58.2 Å². The first-order chi connectivity index (χ1) is 53.1. The zero-order valence-corrected chi connectivity index (χ0v) is 69.4. The molecule has 9 atom stereocenters. The Hall–Kier alpha value is -10.2. The van der Waals surface area contributed by atoms with Crippen LogP contribution in [-0.4, -0.2) is 136 Å². The van der Waals surface area contributed by atoms with Crippen LogP contribution in [0.3, 0.4) is 0 Å². The second-order valence-electron chi connectivity index (χ2n) is 33.0. The quantitative estimate of drug-likeness (QED) is 0.0396. The number of nitrogens with one attached hydrogen (secondary N) is 6. The number of allylic oxidation sites excluding steroid dienone is 2. The number of aliphatic hydroxyl groups excluding tert-OH is 2. The van der Waals surface area contributed by atoms with Crippen molar-refractivity contribution in [1.29, 1.82) is 0 Å². The van der Waals surface area contributed by atoms with Gasteiger partial charge in [0.05, 0.1) is 61.4 Å². The molecule has 12 rings (SSSR count). The standard InChI is InChI=1S/C27H38N4O4S.C26H36N4O4S.2C16H18N2O3/c1-15(2)24(33)30-23(27(5,6)7)26(35)31-13-20(32)12-21(31)25(34)29-16(3)18-8-10-19(11-9-18)22-17(4)28-14-36-22;1-15(2)23(32)29-22(26(4,5)6)25(34)30-13-19(31)11-20(30)24(33)27-12-17-7-9-18(10-8-17)21-16(3)28-14-35-21;1-9(2)11-5-7-12-14(8-11)21-16(20)18(12)13-6-4-10(3)17-15(13)19;1-9(2)11-5-4-6-12-14(11)21-16(20)18(12)13-8-7-10(3)17-15(13)19/h8-11,14-16,20-21,23,32H,12-13H2,1-7H3,(H,29,34)(H,30,33);7-10,14-15,19-20,22,31H,11-13H2,1-6H3,(H,27,33)(H,29,32);5,7-9,13H,3-4,6H2,1-2H3,(H,17,19);4-6,9,13H,3,7-8H2,1-2H3,(H,17,19)/t16-,20+,21-,23+;19-,20+,22-;;/m01../s1. The third-order valence-electron chi connectivity index (χ3n) is 20.6. The van der Waals surface area contributed by atoms with Crippen LogP contribution in [0.5, 0.6) is 0 Å². The van der Waals surface area contributed by atoms with Crippen LogP contribution in [0.25, 0.3) is 43.1 Å². The maximum absolute atomic E-state index is 13.6. The van der Waals surface area contributed by atoms with Crippen molar-refractivity contribution in [2.45, 2.75) is 229 Å². The van der Waals surface area contributed by atoms with E-state index in [1.54, 1.807) is 50.4 Å². The van der Waals surface area contributed by atoms with Crippen molar-refractivity contribution in [2.24, 2.45) is 22.7 Å². The summed E-state index contributed by atoms with van der Waals surface area (Å²) < 4.78 is 13.7. The van der Waals surface area contributed by atoms with E-state index in [0.717, 1.165) is 54.5 Å². The number of piperidine rings is 2. The summed E-state index contributed by atoms with van der Waals surface area (Å²) in [6.45, 7) is 40.3. The molecule has 28 heteroatoms. The largest absolute Gasteiger partial charge is 0.420 e. The molecule has 4 aliphatic heterocycles. The fourth-order valence-electron chi connectivity index (χ4n) is 14.0. The third kappa shape index (κ3) is 21.0. The van der Waals surface area contributed by atoms with E-state index in [-0.39, 0.29) is 97.0 Å². The number of thiazole rings is 2. The molecular weight excluding hydrogens is 1480 g/mol. The molecule has 2 unspecified atom stereocenters. The van der Waals surface area contributed by atoms with E-state index < -0.39 is 70.8 Å². The minimum absolute atomic E-state index is 0.0539. The Morgan fingerprint density at radius 1 is 0.575 bits per heavy atom. The van der Waals surface area contributed by atoms with Crippen molar-refractivity contribution in [3.05, 3.63) is 175 Å². The molecule has 8 heterocycles. The number of hydrogen-bond acceptors (Lipinski definition) is 18. The molecule has 4 aromatic heterocycles. The smallest absolute Gasteiger partial charge is 0.408 e. The number of aryl methyl sites for hydroxylation is 2. The summed E-state index contributed by atoms with van der Waals surface area (Å²) in [7, 11) is 0. The molecule has 4 saturated heterocycles. The normalized spacial score (nSPS) is 19.4. The van der Waals surface area contributed by atoms with Crippen LogP contribution in [0.15, 0.2) is 139 Å². The SMILES string of the molecule is C=C1CCC(n2c(=O)oc3c(C(C)C)cccc32)C(=O)N1.C=C1CCC(n2c(=O)oc3cc(C(C)C)ccc32)C(=O)N1.Cc1ncsc1-c1ccc(CNC(=O)[C@@H]2C[C@@H](O)CN2C(=O)[C@@H](NC(=O)C(C)C)C(C)(C)C)cc1.Cc1ncsc1-c1ccc([C@H](C)NC(=O)[C@@H]2C[C@@H](O)CN2C(=O)[C@@H](NC(=O)C(C)C)C(C)(C)C)cc1. The average molecular weight is 1590 g/mol. The van der Waals surface area contributed by atoms with E-state index in [4.69, 9.17) is 8.83 Å². The van der Waals surface area contributed by atoms with Crippen molar-refractivity contribution in [1.82, 2.24) is 60.8 Å². The van der Waals surface area contributed by atoms with E-state index >= 15 is 0 Å². The number of para-hydroxylation sites is 1. The highest BCUT2D eigenvalue weighted by Gasteiger charge is 2.47. The summed E-state index contributed by atoms with van der Waals surface area (Å²) in [4.78, 5) is 140.